The second-order valence-electron chi connectivity index (χ2n) is 14.5. The van der Waals surface area contributed by atoms with Crippen molar-refractivity contribution in [3.05, 3.63) is 130 Å². The maximum Gasteiger partial charge on any atom is 0.417 e. The summed E-state index contributed by atoms with van der Waals surface area (Å²) in [6.45, 7) is 1.43. The van der Waals surface area contributed by atoms with Crippen LogP contribution in [0.1, 0.15) is 69.3 Å². The fraction of sp³-hybridized carbons (Fsp3) is 0.268. The van der Waals surface area contributed by atoms with Crippen LogP contribution in [0.2, 0.25) is 0 Å². The van der Waals surface area contributed by atoms with Crippen molar-refractivity contribution in [3.63, 3.8) is 0 Å². The van der Waals surface area contributed by atoms with Gasteiger partial charge in [-0.3, -0.25) is 19.3 Å². The molecule has 3 atom stereocenters. The first-order valence-corrected chi connectivity index (χ1v) is 19.9. The van der Waals surface area contributed by atoms with E-state index in [1.165, 1.54) is 36.7 Å². The quantitative estimate of drug-likeness (QED) is 0.0859. The van der Waals surface area contributed by atoms with Crippen LogP contribution in [0, 0.1) is 17.1 Å². The number of carbonyl (C=O) groups is 2. The normalized spacial score (nSPS) is 17.2. The number of alkyl halides is 3. The molecule has 1 aromatic heterocycles. The molecule has 4 aromatic carbocycles. The van der Waals surface area contributed by atoms with E-state index in [2.05, 4.69) is 31.0 Å². The Morgan fingerprint density at radius 3 is 2.42 bits per heavy atom. The van der Waals surface area contributed by atoms with Gasteiger partial charge in [-0.2, -0.15) is 23.5 Å². The van der Waals surface area contributed by atoms with E-state index in [1.807, 2.05) is 24.3 Å². The van der Waals surface area contributed by atoms with Gasteiger partial charge in [0.05, 0.1) is 45.5 Å². The molecular formula is C41H36F4N8O5S. The maximum absolute atomic E-state index is 14.6. The number of hydrogen-bond donors (Lipinski definition) is 4. The fourth-order valence-electron chi connectivity index (χ4n) is 7.27. The van der Waals surface area contributed by atoms with Crippen molar-refractivity contribution in [1.82, 2.24) is 14.8 Å². The minimum Gasteiger partial charge on any atom is -0.385 e. The van der Waals surface area contributed by atoms with E-state index in [1.54, 1.807) is 23.9 Å². The summed E-state index contributed by atoms with van der Waals surface area (Å²) in [7, 11) is -2.45. The number of benzene rings is 4. The number of carbonyl (C=O) groups excluding carboxylic acids is 2. The van der Waals surface area contributed by atoms with Crippen molar-refractivity contribution >= 4 is 44.3 Å². The lowest BCUT2D eigenvalue weighted by molar-refractivity contribution is -0.137. The van der Waals surface area contributed by atoms with Gasteiger partial charge in [-0.05, 0) is 85.5 Å². The number of aromatic nitrogens is 3. The maximum atomic E-state index is 14.6. The molecule has 0 aliphatic carbocycles. The number of Topliss-reactive ketones (excluding diaryl/α,β-unsaturated/α-hetero) is 1. The van der Waals surface area contributed by atoms with Gasteiger partial charge in [0.15, 0.2) is 21.2 Å². The van der Waals surface area contributed by atoms with Crippen molar-refractivity contribution in [2.24, 2.45) is 12.0 Å². The number of nitrogens with zero attached hydrogens (tertiary/aromatic N) is 5. The summed E-state index contributed by atoms with van der Waals surface area (Å²) in [6, 6.07) is 19.8. The molecule has 304 valence electrons. The zero-order chi connectivity index (χ0) is 42.3. The zero-order valence-electron chi connectivity index (χ0n) is 31.5. The van der Waals surface area contributed by atoms with Crippen LogP contribution in [-0.2, 0) is 34.3 Å². The molecule has 1 unspecified atom stereocenters. The molecule has 3 heterocycles. The Morgan fingerprint density at radius 1 is 1.05 bits per heavy atom. The SMILES string of the molecule is Cn1ncnc1[C@H]1C2=NCC(=O)c3cc(F)cc(c32)N[C@@H]1c1ccc(NCCCc2ccc(S(=O)(=O)CC(C)(O)C(=O)Nc3ccc(C#N)c(C(F)(F)F)c3)cc2)cc1. The molecule has 0 radical (unpaired) electrons. The molecular weight excluding hydrogens is 793 g/mol. The highest BCUT2D eigenvalue weighted by atomic mass is 32.2. The second-order valence-corrected chi connectivity index (χ2v) is 16.5. The highest BCUT2D eigenvalue weighted by Gasteiger charge is 2.42. The van der Waals surface area contributed by atoms with Gasteiger partial charge in [0.1, 0.15) is 24.5 Å². The first-order chi connectivity index (χ1) is 27.9. The first kappa shape index (κ1) is 40.7. The number of hydrogen-bond acceptors (Lipinski definition) is 11. The summed E-state index contributed by atoms with van der Waals surface area (Å²) in [5, 5.41) is 32.9. The van der Waals surface area contributed by atoms with Crippen LogP contribution in [0.3, 0.4) is 0 Å². The van der Waals surface area contributed by atoms with Crippen LogP contribution in [0.15, 0.2) is 95.1 Å². The molecule has 2 aliphatic heterocycles. The Labute approximate surface area is 335 Å². The second kappa shape index (κ2) is 15.7. The van der Waals surface area contributed by atoms with E-state index in [0.717, 1.165) is 35.9 Å². The molecule has 0 saturated carbocycles. The average molecular weight is 829 g/mol. The van der Waals surface area contributed by atoms with Gasteiger partial charge in [0.2, 0.25) is 0 Å². The van der Waals surface area contributed by atoms with E-state index in [0.29, 0.717) is 48.2 Å². The number of halogens is 4. The van der Waals surface area contributed by atoms with Gasteiger partial charge in [0.25, 0.3) is 5.91 Å². The summed E-state index contributed by atoms with van der Waals surface area (Å²) in [6.07, 6.45) is -2.17. The van der Waals surface area contributed by atoms with Crippen LogP contribution in [0.4, 0.5) is 34.6 Å². The molecule has 2 aliphatic rings. The van der Waals surface area contributed by atoms with Gasteiger partial charge >= 0.3 is 6.18 Å². The molecule has 0 spiro atoms. The summed E-state index contributed by atoms with van der Waals surface area (Å²) >= 11 is 0. The fourth-order valence-corrected chi connectivity index (χ4v) is 8.86. The van der Waals surface area contributed by atoms with E-state index in [9.17, 15) is 40.7 Å². The van der Waals surface area contributed by atoms with Crippen LogP contribution in [0.25, 0.3) is 0 Å². The highest BCUT2D eigenvalue weighted by Crippen LogP contribution is 2.45. The summed E-state index contributed by atoms with van der Waals surface area (Å²) in [5.74, 6) is -2.85. The van der Waals surface area contributed by atoms with Crippen LogP contribution in [-0.4, -0.2) is 70.1 Å². The van der Waals surface area contributed by atoms with Gasteiger partial charge in [-0.15, -0.1) is 0 Å². The molecule has 5 aromatic rings. The molecule has 13 nitrogen and oxygen atoms in total. The Kier molecular flexibility index (Phi) is 10.9. The van der Waals surface area contributed by atoms with Gasteiger partial charge in [0, 0.05) is 41.8 Å². The third-order valence-electron chi connectivity index (χ3n) is 10.2. The van der Waals surface area contributed by atoms with Crippen LogP contribution >= 0.6 is 0 Å². The molecule has 7 rings (SSSR count). The Hall–Kier alpha value is -6.45. The van der Waals surface area contributed by atoms with Crippen molar-refractivity contribution in [3.8, 4) is 6.07 Å². The highest BCUT2D eigenvalue weighted by molar-refractivity contribution is 7.91. The molecule has 18 heteroatoms. The molecule has 0 bridgehead atoms. The third-order valence-corrected chi connectivity index (χ3v) is 12.1. The summed E-state index contributed by atoms with van der Waals surface area (Å²) in [4.78, 5) is 34.5. The smallest absolute Gasteiger partial charge is 0.385 e. The number of amides is 1. The number of anilines is 3. The number of nitrogens with one attached hydrogen (secondary N) is 3. The van der Waals surface area contributed by atoms with E-state index < -0.39 is 62.2 Å². The molecule has 0 fully saturated rings. The molecule has 1 amide bonds. The number of rotatable bonds is 12. The van der Waals surface area contributed by atoms with Gasteiger partial charge in [-0.1, -0.05) is 24.3 Å². The predicted octanol–water partition coefficient (Wildman–Crippen LogP) is 5.99. The minimum absolute atomic E-state index is 0.0907. The Balaban J connectivity index is 0.952. The Morgan fingerprint density at radius 2 is 1.76 bits per heavy atom. The number of aliphatic imine (C=N–C) groups is 1. The lowest BCUT2D eigenvalue weighted by Gasteiger charge is -2.37. The van der Waals surface area contributed by atoms with Crippen molar-refractivity contribution in [1.29, 1.82) is 5.26 Å². The third kappa shape index (κ3) is 8.43. The van der Waals surface area contributed by atoms with Gasteiger partial charge < -0.3 is 21.1 Å². The summed E-state index contributed by atoms with van der Waals surface area (Å²) in [5.41, 5.74) is -0.303. The lowest BCUT2D eigenvalue weighted by Crippen LogP contribution is -2.45. The minimum atomic E-state index is -4.88. The largest absolute Gasteiger partial charge is 0.417 e. The standard InChI is InChI=1S/C41H36F4N8O5S/c1-40(56,39(55)51-28-12-9-25(19-46)31(18-28)41(43,44)45)21-59(57,58)29-13-5-23(6-14-29)4-3-15-47-27-10-7-24(8-11-27)36-35(38-49-22-50-53(38)2)37-34-30(33(54)20-48-37)16-26(42)17-32(34)52-36/h5-14,16-18,22,35-36,47,52,56H,3-4,15,20-21H2,1-2H3,(H,51,55)/t35-,36-,40?/m1/s1. The number of aryl methyl sites for hydroxylation is 2. The zero-order valence-corrected chi connectivity index (χ0v) is 32.3. The van der Waals surface area contributed by atoms with E-state index in [-0.39, 0.29) is 28.5 Å². The van der Waals surface area contributed by atoms with E-state index >= 15 is 0 Å². The Bertz CT molecular complexity index is 2640. The van der Waals surface area contributed by atoms with Crippen molar-refractivity contribution < 1.29 is 40.7 Å². The number of aliphatic hydroxyl groups is 1. The molecule has 0 saturated heterocycles. The van der Waals surface area contributed by atoms with Crippen LogP contribution < -0.4 is 16.0 Å². The van der Waals surface area contributed by atoms with Crippen molar-refractivity contribution in [2.45, 2.75) is 48.4 Å². The predicted molar refractivity (Wildman–Crippen MR) is 209 cm³/mol. The summed E-state index contributed by atoms with van der Waals surface area (Å²) < 4.78 is 82.7. The first-order valence-electron chi connectivity index (χ1n) is 18.3. The molecule has 59 heavy (non-hydrogen) atoms. The number of sulfone groups is 1. The topological polar surface area (TPSA) is 191 Å². The number of nitriles is 1. The molecule has 4 N–H and O–H groups in total. The van der Waals surface area contributed by atoms with Crippen LogP contribution in [0.5, 0.6) is 0 Å². The van der Waals surface area contributed by atoms with Gasteiger partial charge in [-0.25, -0.2) is 17.8 Å². The lowest BCUT2D eigenvalue weighted by atomic mass is 9.78. The van der Waals surface area contributed by atoms with Crippen molar-refractivity contribution in [2.75, 3.05) is 34.8 Å². The average Bonchev–Trinajstić information content (AvgIpc) is 3.62. The number of ketones is 1. The monoisotopic (exact) mass is 828 g/mol. The van der Waals surface area contributed by atoms with E-state index in [4.69, 9.17) is 5.26 Å².